The predicted octanol–water partition coefficient (Wildman–Crippen LogP) is 3.74. The summed E-state index contributed by atoms with van der Waals surface area (Å²) in [5, 5.41) is 11.1. The van der Waals surface area contributed by atoms with Crippen molar-refractivity contribution in [3.05, 3.63) is 71.8 Å². The molecule has 0 aliphatic carbocycles. The number of nitrogens with zero attached hydrogens (tertiary/aromatic N) is 1. The van der Waals surface area contributed by atoms with E-state index in [0.717, 1.165) is 17.5 Å². The summed E-state index contributed by atoms with van der Waals surface area (Å²) < 4.78 is 5.61. The Bertz CT molecular complexity index is 697. The van der Waals surface area contributed by atoms with E-state index in [2.05, 4.69) is 0 Å². The van der Waals surface area contributed by atoms with Crippen LogP contribution in [0, 0.1) is 0 Å². The van der Waals surface area contributed by atoms with Crippen LogP contribution in [-0.4, -0.2) is 27.4 Å². The lowest BCUT2D eigenvalue weighted by Crippen LogP contribution is -2.54. The Labute approximate surface area is 142 Å². The molecule has 0 aromatic heterocycles. The van der Waals surface area contributed by atoms with Gasteiger partial charge in [-0.15, -0.1) is 0 Å². The number of carbonyl (C=O) groups excluding carboxylic acids is 1. The number of hydrogen-bond acceptors (Lipinski definition) is 3. The summed E-state index contributed by atoms with van der Waals surface area (Å²) in [5.74, 6) is 0. The summed E-state index contributed by atoms with van der Waals surface area (Å²) in [5.41, 5.74) is -0.197. The Kier molecular flexibility index (Phi) is 4.33. The first-order valence-corrected chi connectivity index (χ1v) is 8.23. The lowest BCUT2D eigenvalue weighted by molar-refractivity contribution is -0.141. The molecule has 1 heterocycles. The van der Waals surface area contributed by atoms with E-state index in [4.69, 9.17) is 4.74 Å². The van der Waals surface area contributed by atoms with Gasteiger partial charge in [0.15, 0.2) is 11.3 Å². The van der Waals surface area contributed by atoms with E-state index in [0.29, 0.717) is 13.0 Å². The second-order valence-electron chi connectivity index (χ2n) is 6.68. The zero-order chi connectivity index (χ0) is 17.2. The Morgan fingerprint density at radius 2 is 1.50 bits per heavy atom. The smallest absolute Gasteiger partial charge is 0.413 e. The fraction of sp³-hybridized carbons (Fsp3) is 0.350. The van der Waals surface area contributed by atoms with Crippen molar-refractivity contribution >= 4 is 6.09 Å². The lowest BCUT2D eigenvalue weighted by atomic mass is 9.87. The van der Waals surface area contributed by atoms with Crippen molar-refractivity contribution < 1.29 is 14.6 Å². The Hall–Kier alpha value is -2.33. The van der Waals surface area contributed by atoms with Crippen LogP contribution in [0.25, 0.3) is 0 Å². The Balaban J connectivity index is 1.76. The summed E-state index contributed by atoms with van der Waals surface area (Å²) in [7, 11) is 0. The van der Waals surface area contributed by atoms with E-state index in [-0.39, 0.29) is 0 Å². The maximum absolute atomic E-state index is 12.4. The van der Waals surface area contributed by atoms with Crippen LogP contribution in [0.15, 0.2) is 60.7 Å². The Morgan fingerprint density at radius 3 is 2.08 bits per heavy atom. The minimum Gasteiger partial charge on any atom is -0.438 e. The maximum Gasteiger partial charge on any atom is 0.413 e. The van der Waals surface area contributed by atoms with Gasteiger partial charge in [0, 0.05) is 0 Å². The van der Waals surface area contributed by atoms with E-state index < -0.39 is 17.4 Å². The van der Waals surface area contributed by atoms with Gasteiger partial charge in [0.2, 0.25) is 0 Å². The van der Waals surface area contributed by atoms with Gasteiger partial charge in [0.25, 0.3) is 0 Å². The molecule has 2 aromatic rings. The number of ether oxygens (including phenoxy) is 1. The molecule has 24 heavy (non-hydrogen) atoms. The van der Waals surface area contributed by atoms with Gasteiger partial charge in [-0.2, -0.15) is 0 Å². The van der Waals surface area contributed by atoms with E-state index >= 15 is 0 Å². The van der Waals surface area contributed by atoms with Gasteiger partial charge in [-0.05, 0) is 37.8 Å². The van der Waals surface area contributed by atoms with E-state index in [9.17, 15) is 9.90 Å². The average Bonchev–Trinajstić information content (AvgIpc) is 2.75. The van der Waals surface area contributed by atoms with Crippen LogP contribution < -0.4 is 0 Å². The van der Waals surface area contributed by atoms with Gasteiger partial charge in [-0.1, -0.05) is 60.7 Å². The number of hydrogen-bond donors (Lipinski definition) is 1. The number of aliphatic hydroxyl groups is 1. The molecule has 1 amide bonds. The highest BCUT2D eigenvalue weighted by Gasteiger charge is 2.58. The molecular weight excluding hydrogens is 302 g/mol. The zero-order valence-electron chi connectivity index (χ0n) is 14.1. The monoisotopic (exact) mass is 325 g/mol. The van der Waals surface area contributed by atoms with Gasteiger partial charge < -0.3 is 9.84 Å². The second-order valence-corrected chi connectivity index (χ2v) is 6.68. The first-order valence-electron chi connectivity index (χ1n) is 8.23. The zero-order valence-corrected chi connectivity index (χ0v) is 14.1. The molecule has 1 N–H and O–H groups in total. The largest absolute Gasteiger partial charge is 0.438 e. The summed E-state index contributed by atoms with van der Waals surface area (Å²) in [4.78, 5) is 13.8. The van der Waals surface area contributed by atoms with Crippen LogP contribution in [0.3, 0.4) is 0 Å². The highest BCUT2D eigenvalue weighted by atomic mass is 16.6. The number of aryl methyl sites for hydroxylation is 1. The van der Waals surface area contributed by atoms with Crippen LogP contribution >= 0.6 is 0 Å². The topological polar surface area (TPSA) is 49.8 Å². The maximum atomic E-state index is 12.4. The third kappa shape index (κ3) is 3.02. The minimum absolute atomic E-state index is 0.327. The highest BCUT2D eigenvalue weighted by molar-refractivity contribution is 5.72. The molecule has 3 rings (SSSR count). The van der Waals surface area contributed by atoms with Gasteiger partial charge in [0.1, 0.15) is 0 Å². The molecule has 4 heteroatoms. The molecule has 2 atom stereocenters. The van der Waals surface area contributed by atoms with Crippen LogP contribution in [0.5, 0.6) is 0 Å². The Morgan fingerprint density at radius 1 is 0.958 bits per heavy atom. The van der Waals surface area contributed by atoms with Crippen molar-refractivity contribution in [3.63, 3.8) is 0 Å². The molecule has 1 aliphatic heterocycles. The van der Waals surface area contributed by atoms with Gasteiger partial charge in [0.05, 0.1) is 6.54 Å². The fourth-order valence-electron chi connectivity index (χ4n) is 3.11. The van der Waals surface area contributed by atoms with Crippen LogP contribution in [-0.2, 0) is 17.7 Å². The molecule has 0 unspecified atom stereocenters. The molecule has 1 saturated heterocycles. The number of cyclic esters (lactones) is 1. The van der Waals surface area contributed by atoms with Gasteiger partial charge in [-0.25, -0.2) is 4.79 Å². The SMILES string of the molecule is C[C@]1(O)N(Cc2ccccc2)C(=O)O[C@@]1(C)CCc1ccccc1. The standard InChI is InChI=1S/C20H23NO3/c1-19(14-13-16-9-5-3-6-10-16)20(2,23)21(18(22)24-19)15-17-11-7-4-8-12-17/h3-12,23H,13-15H2,1-2H3/t19-,20+/m0/s1. The molecule has 2 aromatic carbocycles. The highest BCUT2D eigenvalue weighted by Crippen LogP contribution is 2.41. The van der Waals surface area contributed by atoms with E-state index in [1.54, 1.807) is 13.8 Å². The number of benzene rings is 2. The summed E-state index contributed by atoms with van der Waals surface area (Å²) in [6, 6.07) is 19.6. The fourth-order valence-corrected chi connectivity index (χ4v) is 3.11. The molecule has 0 saturated carbocycles. The molecule has 126 valence electrons. The summed E-state index contributed by atoms with van der Waals surface area (Å²) in [6.45, 7) is 3.79. The molecule has 1 fully saturated rings. The molecular formula is C20H23NO3. The van der Waals surface area contributed by atoms with Crippen molar-refractivity contribution in [2.75, 3.05) is 0 Å². The molecule has 0 bridgehead atoms. The van der Waals surface area contributed by atoms with Gasteiger partial charge >= 0.3 is 6.09 Å². The van der Waals surface area contributed by atoms with E-state index in [1.807, 2.05) is 60.7 Å². The summed E-state index contributed by atoms with van der Waals surface area (Å²) >= 11 is 0. The first-order chi connectivity index (χ1) is 11.4. The van der Waals surface area contributed by atoms with Crippen molar-refractivity contribution in [2.45, 2.75) is 44.6 Å². The average molecular weight is 325 g/mol. The third-order valence-electron chi connectivity index (χ3n) is 4.98. The quantitative estimate of drug-likeness (QED) is 0.911. The van der Waals surface area contributed by atoms with Crippen molar-refractivity contribution in [1.29, 1.82) is 0 Å². The molecule has 4 nitrogen and oxygen atoms in total. The molecule has 1 aliphatic rings. The van der Waals surface area contributed by atoms with E-state index in [1.165, 1.54) is 4.90 Å². The second kappa shape index (κ2) is 6.29. The number of amides is 1. The summed E-state index contributed by atoms with van der Waals surface area (Å²) in [6.07, 6.45) is 0.820. The van der Waals surface area contributed by atoms with Crippen molar-refractivity contribution in [1.82, 2.24) is 4.90 Å². The van der Waals surface area contributed by atoms with Crippen LogP contribution in [0.4, 0.5) is 4.79 Å². The lowest BCUT2D eigenvalue weighted by Gasteiger charge is -2.37. The predicted molar refractivity (Wildman–Crippen MR) is 92.3 cm³/mol. The minimum atomic E-state index is -1.37. The van der Waals surface area contributed by atoms with Gasteiger partial charge in [-0.3, -0.25) is 4.90 Å². The van der Waals surface area contributed by atoms with Crippen molar-refractivity contribution in [2.24, 2.45) is 0 Å². The van der Waals surface area contributed by atoms with Crippen molar-refractivity contribution in [3.8, 4) is 0 Å². The normalized spacial score (nSPS) is 26.5. The first kappa shape index (κ1) is 16.5. The number of rotatable bonds is 5. The van der Waals surface area contributed by atoms with Crippen LogP contribution in [0.2, 0.25) is 0 Å². The number of carbonyl (C=O) groups is 1. The third-order valence-corrected chi connectivity index (χ3v) is 4.98. The van der Waals surface area contributed by atoms with Crippen LogP contribution in [0.1, 0.15) is 31.4 Å². The molecule has 0 spiro atoms. The molecule has 0 radical (unpaired) electrons.